The van der Waals surface area contributed by atoms with Gasteiger partial charge in [0.1, 0.15) is 5.82 Å². The van der Waals surface area contributed by atoms with Crippen LogP contribution in [-0.4, -0.2) is 15.8 Å². The Morgan fingerprint density at radius 3 is 2.50 bits per heavy atom. The van der Waals surface area contributed by atoms with Crippen molar-refractivity contribution in [3.05, 3.63) is 47.0 Å². The van der Waals surface area contributed by atoms with Gasteiger partial charge in [-0.15, -0.1) is 0 Å². The molecule has 1 aromatic carbocycles. The highest BCUT2D eigenvalue weighted by Gasteiger charge is 2.05. The first-order valence-electron chi connectivity index (χ1n) is 6.99. The third-order valence-corrected chi connectivity index (χ3v) is 3.32. The molecule has 0 saturated heterocycles. The smallest absolute Gasteiger partial charge is 0.162 e. The summed E-state index contributed by atoms with van der Waals surface area (Å²) in [5.41, 5.74) is 3.90. The average Bonchev–Trinajstić information content (AvgIpc) is 2.76. The van der Waals surface area contributed by atoms with Crippen LogP contribution >= 0.6 is 0 Å². The van der Waals surface area contributed by atoms with E-state index in [1.54, 1.807) is 0 Å². The van der Waals surface area contributed by atoms with E-state index >= 15 is 0 Å². The van der Waals surface area contributed by atoms with E-state index in [-0.39, 0.29) is 5.78 Å². The number of rotatable bonds is 6. The van der Waals surface area contributed by atoms with Crippen molar-refractivity contribution in [3.8, 4) is 0 Å². The predicted octanol–water partition coefficient (Wildman–Crippen LogP) is 3.62. The number of benzene rings is 1. The monoisotopic (exact) mass is 271 g/mol. The summed E-state index contributed by atoms with van der Waals surface area (Å²) in [4.78, 5) is 19.4. The van der Waals surface area contributed by atoms with Crippen LogP contribution in [0.4, 0.5) is 5.69 Å². The highest BCUT2D eigenvalue weighted by molar-refractivity contribution is 5.96. The van der Waals surface area contributed by atoms with Crippen LogP contribution < -0.4 is 5.32 Å². The molecule has 2 N–H and O–H groups in total. The molecule has 2 aromatic rings. The fourth-order valence-electron chi connectivity index (χ4n) is 2.04. The Labute approximate surface area is 119 Å². The number of aromatic amines is 1. The van der Waals surface area contributed by atoms with E-state index in [1.165, 1.54) is 0 Å². The van der Waals surface area contributed by atoms with Crippen molar-refractivity contribution in [2.45, 2.75) is 40.2 Å². The van der Waals surface area contributed by atoms with Crippen LogP contribution in [0.25, 0.3) is 0 Å². The zero-order chi connectivity index (χ0) is 14.5. The molecule has 0 fully saturated rings. The largest absolute Gasteiger partial charge is 0.378 e. The highest BCUT2D eigenvalue weighted by atomic mass is 16.1. The van der Waals surface area contributed by atoms with Gasteiger partial charge < -0.3 is 10.3 Å². The van der Waals surface area contributed by atoms with Gasteiger partial charge in [0.15, 0.2) is 5.78 Å². The first-order chi connectivity index (χ1) is 9.60. The van der Waals surface area contributed by atoms with Gasteiger partial charge in [-0.1, -0.05) is 6.92 Å². The molecule has 0 bridgehead atoms. The SMILES string of the molecule is CCCC(=O)c1ccc(NCc2nc(C)c(C)[nH]2)cc1. The topological polar surface area (TPSA) is 57.8 Å². The average molecular weight is 271 g/mol. The number of carbonyl (C=O) groups excluding carboxylic acids is 1. The minimum Gasteiger partial charge on any atom is -0.378 e. The molecule has 4 nitrogen and oxygen atoms in total. The van der Waals surface area contributed by atoms with Crippen LogP contribution in [0.2, 0.25) is 0 Å². The number of aryl methyl sites for hydroxylation is 2. The fraction of sp³-hybridized carbons (Fsp3) is 0.375. The molecular formula is C16H21N3O. The number of carbonyl (C=O) groups is 1. The number of Topliss-reactive ketones (excluding diaryl/α,β-unsaturated/α-hetero) is 1. The van der Waals surface area contributed by atoms with Gasteiger partial charge in [-0.05, 0) is 44.5 Å². The zero-order valence-electron chi connectivity index (χ0n) is 12.3. The van der Waals surface area contributed by atoms with Crippen LogP contribution in [0.15, 0.2) is 24.3 Å². The van der Waals surface area contributed by atoms with E-state index in [2.05, 4.69) is 15.3 Å². The zero-order valence-corrected chi connectivity index (χ0v) is 12.3. The van der Waals surface area contributed by atoms with E-state index in [0.717, 1.165) is 34.9 Å². The van der Waals surface area contributed by atoms with Gasteiger partial charge in [0.05, 0.1) is 12.2 Å². The third-order valence-electron chi connectivity index (χ3n) is 3.32. The molecule has 4 heteroatoms. The Kier molecular flexibility index (Phi) is 4.56. The standard InChI is InChI=1S/C16H21N3O/c1-4-5-15(20)13-6-8-14(9-7-13)17-10-16-18-11(2)12(3)19-16/h6-9,17H,4-5,10H2,1-3H3,(H,18,19). The summed E-state index contributed by atoms with van der Waals surface area (Å²) in [6.07, 6.45) is 1.49. The minimum absolute atomic E-state index is 0.205. The molecule has 0 spiro atoms. The molecule has 1 aromatic heterocycles. The quantitative estimate of drug-likeness (QED) is 0.789. The van der Waals surface area contributed by atoms with Gasteiger partial charge in [-0.2, -0.15) is 0 Å². The van der Waals surface area contributed by atoms with E-state index in [9.17, 15) is 4.79 Å². The number of nitrogens with one attached hydrogen (secondary N) is 2. The molecule has 0 unspecified atom stereocenters. The first kappa shape index (κ1) is 14.3. The van der Waals surface area contributed by atoms with Gasteiger partial charge >= 0.3 is 0 Å². The number of nitrogens with zero attached hydrogens (tertiary/aromatic N) is 1. The normalized spacial score (nSPS) is 10.6. The van der Waals surface area contributed by atoms with Crippen LogP contribution in [0.3, 0.4) is 0 Å². The van der Waals surface area contributed by atoms with E-state index in [1.807, 2.05) is 45.0 Å². The summed E-state index contributed by atoms with van der Waals surface area (Å²) in [7, 11) is 0. The second kappa shape index (κ2) is 6.37. The van der Waals surface area contributed by atoms with E-state index in [0.29, 0.717) is 13.0 Å². The second-order valence-corrected chi connectivity index (χ2v) is 5.00. The maximum atomic E-state index is 11.7. The molecule has 0 aliphatic heterocycles. The molecule has 0 atom stereocenters. The van der Waals surface area contributed by atoms with Crippen LogP contribution in [0.1, 0.15) is 47.3 Å². The fourth-order valence-corrected chi connectivity index (χ4v) is 2.04. The van der Waals surface area contributed by atoms with Crippen molar-refractivity contribution < 1.29 is 4.79 Å². The summed E-state index contributed by atoms with van der Waals surface area (Å²) in [6, 6.07) is 7.62. The molecule has 0 aliphatic carbocycles. The first-order valence-corrected chi connectivity index (χ1v) is 6.99. The summed E-state index contributed by atoms with van der Waals surface area (Å²) in [5.74, 6) is 1.13. The number of aromatic nitrogens is 2. The molecule has 0 radical (unpaired) electrons. The summed E-state index contributed by atoms with van der Waals surface area (Å²) in [5, 5.41) is 3.29. The molecule has 0 amide bonds. The summed E-state index contributed by atoms with van der Waals surface area (Å²) >= 11 is 0. The molecule has 20 heavy (non-hydrogen) atoms. The van der Waals surface area contributed by atoms with Crippen LogP contribution in [-0.2, 0) is 6.54 Å². The molecule has 2 rings (SSSR count). The molecule has 0 saturated carbocycles. The van der Waals surface area contributed by atoms with Crippen LogP contribution in [0, 0.1) is 13.8 Å². The molecule has 0 aliphatic rings. The van der Waals surface area contributed by atoms with Gasteiger partial charge in [0.25, 0.3) is 0 Å². The lowest BCUT2D eigenvalue weighted by atomic mass is 10.1. The number of imidazole rings is 1. The van der Waals surface area contributed by atoms with Crippen LogP contribution in [0.5, 0.6) is 0 Å². The van der Waals surface area contributed by atoms with E-state index in [4.69, 9.17) is 0 Å². The lowest BCUT2D eigenvalue weighted by Crippen LogP contribution is -2.02. The van der Waals surface area contributed by atoms with Crippen molar-refractivity contribution in [2.75, 3.05) is 5.32 Å². The summed E-state index contributed by atoms with van der Waals surface area (Å²) in [6.45, 7) is 6.67. The third kappa shape index (κ3) is 3.47. The summed E-state index contributed by atoms with van der Waals surface area (Å²) < 4.78 is 0. The van der Waals surface area contributed by atoms with Crippen molar-refractivity contribution in [1.82, 2.24) is 9.97 Å². The Balaban J connectivity index is 1.95. The number of anilines is 1. The van der Waals surface area contributed by atoms with Crippen molar-refractivity contribution >= 4 is 11.5 Å². The molecule has 106 valence electrons. The number of ketones is 1. The van der Waals surface area contributed by atoms with Crippen molar-refractivity contribution in [2.24, 2.45) is 0 Å². The van der Waals surface area contributed by atoms with Gasteiger partial charge in [0, 0.05) is 23.4 Å². The number of H-pyrrole nitrogens is 1. The minimum atomic E-state index is 0.205. The Hall–Kier alpha value is -2.10. The van der Waals surface area contributed by atoms with Gasteiger partial charge in [-0.25, -0.2) is 4.98 Å². The molecule has 1 heterocycles. The highest BCUT2D eigenvalue weighted by Crippen LogP contribution is 2.13. The Morgan fingerprint density at radius 2 is 1.95 bits per heavy atom. The maximum absolute atomic E-state index is 11.7. The predicted molar refractivity (Wildman–Crippen MR) is 81.1 cm³/mol. The molecular weight excluding hydrogens is 250 g/mol. The lowest BCUT2D eigenvalue weighted by molar-refractivity contribution is 0.0982. The van der Waals surface area contributed by atoms with Gasteiger partial charge in [-0.3, -0.25) is 4.79 Å². The van der Waals surface area contributed by atoms with Gasteiger partial charge in [0.2, 0.25) is 0 Å². The van der Waals surface area contributed by atoms with Crippen molar-refractivity contribution in [1.29, 1.82) is 0 Å². The van der Waals surface area contributed by atoms with E-state index < -0.39 is 0 Å². The Bertz CT molecular complexity index is 565. The second-order valence-electron chi connectivity index (χ2n) is 5.00. The Morgan fingerprint density at radius 1 is 1.25 bits per heavy atom. The lowest BCUT2D eigenvalue weighted by Gasteiger charge is -2.05. The van der Waals surface area contributed by atoms with Crippen molar-refractivity contribution in [3.63, 3.8) is 0 Å². The number of hydrogen-bond acceptors (Lipinski definition) is 3. The maximum Gasteiger partial charge on any atom is 0.162 e. The number of hydrogen-bond donors (Lipinski definition) is 2.